The predicted molar refractivity (Wildman–Crippen MR) is 90.0 cm³/mol. The number of carbonyl (C=O) groups is 3. The normalized spacial score (nSPS) is 10.0. The summed E-state index contributed by atoms with van der Waals surface area (Å²) in [5.74, 6) is -1.37. The highest BCUT2D eigenvalue weighted by Crippen LogP contribution is 2.23. The molecule has 7 nitrogen and oxygen atoms in total. The van der Waals surface area contributed by atoms with Crippen LogP contribution in [-0.4, -0.2) is 36.5 Å². The maximum Gasteiger partial charge on any atom is 0.342 e. The van der Waals surface area contributed by atoms with Crippen molar-refractivity contribution in [3.8, 4) is 11.5 Å². The summed E-state index contributed by atoms with van der Waals surface area (Å²) < 4.78 is 9.79. The van der Waals surface area contributed by atoms with Crippen LogP contribution in [0.1, 0.15) is 27.6 Å². The number of Topliss-reactive ketones (excluding diaryl/α,β-unsaturated/α-hetero) is 1. The molecule has 2 aromatic rings. The van der Waals surface area contributed by atoms with Crippen LogP contribution >= 0.6 is 0 Å². The van der Waals surface area contributed by atoms with E-state index in [1.54, 1.807) is 24.3 Å². The number of aromatic hydroxyl groups is 1. The first kappa shape index (κ1) is 18.0. The maximum atomic E-state index is 11.9. The molecule has 0 radical (unpaired) electrons. The van der Waals surface area contributed by atoms with E-state index in [2.05, 4.69) is 5.32 Å². The van der Waals surface area contributed by atoms with E-state index in [1.165, 1.54) is 32.2 Å². The Labute approximate surface area is 144 Å². The highest BCUT2D eigenvalue weighted by atomic mass is 16.5. The molecule has 0 spiro atoms. The van der Waals surface area contributed by atoms with Crippen molar-refractivity contribution in [3.05, 3.63) is 53.6 Å². The van der Waals surface area contributed by atoms with Crippen LogP contribution in [0, 0.1) is 0 Å². The lowest BCUT2D eigenvalue weighted by atomic mass is 10.1. The molecule has 0 aromatic heterocycles. The highest BCUT2D eigenvalue weighted by molar-refractivity contribution is 5.98. The Kier molecular flexibility index (Phi) is 5.73. The van der Waals surface area contributed by atoms with E-state index < -0.39 is 18.5 Å². The van der Waals surface area contributed by atoms with Crippen molar-refractivity contribution in [2.75, 3.05) is 19.0 Å². The zero-order chi connectivity index (χ0) is 18.4. The standard InChI is InChI=1S/C18H17NO6/c1-11(20)12-3-5-13(6-4-12)19-17(22)10-25-18(23)15-8-7-14(24-2)9-16(15)21/h3-9,21H,10H2,1-2H3,(H,19,22). The summed E-state index contributed by atoms with van der Waals surface area (Å²) in [6.45, 7) is 0.931. The first-order valence-electron chi connectivity index (χ1n) is 7.35. The minimum atomic E-state index is -0.831. The van der Waals surface area contributed by atoms with E-state index in [-0.39, 0.29) is 17.1 Å². The fourth-order valence-electron chi connectivity index (χ4n) is 2.01. The Hall–Kier alpha value is -3.35. The van der Waals surface area contributed by atoms with Gasteiger partial charge < -0.3 is 19.9 Å². The molecule has 0 fully saturated rings. The fourth-order valence-corrected chi connectivity index (χ4v) is 2.01. The van der Waals surface area contributed by atoms with Gasteiger partial charge in [-0.25, -0.2) is 4.79 Å². The van der Waals surface area contributed by atoms with Gasteiger partial charge in [-0.15, -0.1) is 0 Å². The van der Waals surface area contributed by atoms with Gasteiger partial charge in [0.25, 0.3) is 5.91 Å². The molecule has 0 aliphatic rings. The van der Waals surface area contributed by atoms with Crippen molar-refractivity contribution in [1.82, 2.24) is 0 Å². The van der Waals surface area contributed by atoms with Crippen LogP contribution in [0.25, 0.3) is 0 Å². The van der Waals surface area contributed by atoms with E-state index >= 15 is 0 Å². The third kappa shape index (κ3) is 4.81. The molecule has 1 amide bonds. The molecule has 0 saturated carbocycles. The van der Waals surface area contributed by atoms with Gasteiger partial charge in [-0.3, -0.25) is 9.59 Å². The second kappa shape index (κ2) is 7.96. The molecular weight excluding hydrogens is 326 g/mol. The first-order valence-corrected chi connectivity index (χ1v) is 7.35. The van der Waals surface area contributed by atoms with Crippen LogP contribution in [0.4, 0.5) is 5.69 Å². The lowest BCUT2D eigenvalue weighted by Gasteiger charge is -2.08. The summed E-state index contributed by atoms with van der Waals surface area (Å²) in [6.07, 6.45) is 0. The number of phenolic OH excluding ortho intramolecular Hbond substituents is 1. The number of hydrogen-bond acceptors (Lipinski definition) is 6. The summed E-state index contributed by atoms with van der Waals surface area (Å²) in [4.78, 5) is 34.9. The number of carbonyl (C=O) groups excluding carboxylic acids is 3. The molecule has 7 heteroatoms. The monoisotopic (exact) mass is 343 g/mol. The molecule has 0 heterocycles. The van der Waals surface area contributed by atoms with Crippen LogP contribution in [0.3, 0.4) is 0 Å². The molecule has 0 aliphatic carbocycles. The smallest absolute Gasteiger partial charge is 0.342 e. The van der Waals surface area contributed by atoms with Crippen LogP contribution in [0.2, 0.25) is 0 Å². The maximum absolute atomic E-state index is 11.9. The van der Waals surface area contributed by atoms with E-state index in [9.17, 15) is 19.5 Å². The third-order valence-corrected chi connectivity index (χ3v) is 3.33. The number of ketones is 1. The quantitative estimate of drug-likeness (QED) is 0.617. The number of phenols is 1. The Bertz CT molecular complexity index is 798. The number of benzene rings is 2. The molecule has 25 heavy (non-hydrogen) atoms. The Morgan fingerprint density at radius 3 is 2.32 bits per heavy atom. The van der Waals surface area contributed by atoms with Crippen LogP contribution in [0.5, 0.6) is 11.5 Å². The number of amides is 1. The lowest BCUT2D eigenvalue weighted by Crippen LogP contribution is -2.21. The number of methoxy groups -OCH3 is 1. The molecule has 0 unspecified atom stereocenters. The minimum Gasteiger partial charge on any atom is -0.507 e. The van der Waals surface area contributed by atoms with Crippen molar-refractivity contribution in [1.29, 1.82) is 0 Å². The second-order valence-electron chi connectivity index (χ2n) is 5.14. The van der Waals surface area contributed by atoms with Gasteiger partial charge in [0.15, 0.2) is 12.4 Å². The minimum absolute atomic E-state index is 0.0700. The average Bonchev–Trinajstić information content (AvgIpc) is 2.60. The summed E-state index contributed by atoms with van der Waals surface area (Å²) >= 11 is 0. The molecule has 0 saturated heterocycles. The van der Waals surface area contributed by atoms with Gasteiger partial charge >= 0.3 is 5.97 Å². The van der Waals surface area contributed by atoms with Crippen molar-refractivity contribution in [3.63, 3.8) is 0 Å². The van der Waals surface area contributed by atoms with Crippen molar-refractivity contribution >= 4 is 23.3 Å². The Morgan fingerprint density at radius 2 is 1.76 bits per heavy atom. The summed E-state index contributed by atoms with van der Waals surface area (Å²) in [6, 6.07) is 10.4. The van der Waals surface area contributed by atoms with Crippen LogP contribution in [-0.2, 0) is 9.53 Å². The first-order chi connectivity index (χ1) is 11.9. The van der Waals surface area contributed by atoms with Crippen molar-refractivity contribution in [2.24, 2.45) is 0 Å². The number of ether oxygens (including phenoxy) is 2. The number of anilines is 1. The van der Waals surface area contributed by atoms with Gasteiger partial charge in [0, 0.05) is 17.3 Å². The fraction of sp³-hybridized carbons (Fsp3) is 0.167. The Morgan fingerprint density at radius 1 is 1.08 bits per heavy atom. The number of nitrogens with one attached hydrogen (secondary N) is 1. The highest BCUT2D eigenvalue weighted by Gasteiger charge is 2.15. The zero-order valence-corrected chi connectivity index (χ0v) is 13.7. The van der Waals surface area contributed by atoms with Gasteiger partial charge in [-0.1, -0.05) is 0 Å². The van der Waals surface area contributed by atoms with Gasteiger partial charge in [-0.2, -0.15) is 0 Å². The summed E-state index contributed by atoms with van der Waals surface area (Å²) in [5.41, 5.74) is 0.928. The molecule has 0 aliphatic heterocycles. The van der Waals surface area contributed by atoms with Gasteiger partial charge in [0.1, 0.15) is 17.1 Å². The number of rotatable bonds is 6. The molecule has 2 aromatic carbocycles. The lowest BCUT2D eigenvalue weighted by molar-refractivity contribution is -0.119. The van der Waals surface area contributed by atoms with E-state index in [4.69, 9.17) is 9.47 Å². The summed E-state index contributed by atoms with van der Waals surface area (Å²) in [5, 5.41) is 12.3. The largest absolute Gasteiger partial charge is 0.507 e. The molecule has 2 rings (SSSR count). The van der Waals surface area contributed by atoms with E-state index in [0.717, 1.165) is 0 Å². The van der Waals surface area contributed by atoms with Gasteiger partial charge in [0.05, 0.1) is 7.11 Å². The van der Waals surface area contributed by atoms with Crippen LogP contribution in [0.15, 0.2) is 42.5 Å². The second-order valence-corrected chi connectivity index (χ2v) is 5.14. The molecule has 130 valence electrons. The van der Waals surface area contributed by atoms with Gasteiger partial charge in [0.2, 0.25) is 0 Å². The van der Waals surface area contributed by atoms with E-state index in [0.29, 0.717) is 17.0 Å². The van der Waals surface area contributed by atoms with Crippen LogP contribution < -0.4 is 10.1 Å². The average molecular weight is 343 g/mol. The molecule has 0 atom stereocenters. The van der Waals surface area contributed by atoms with Crippen molar-refractivity contribution in [2.45, 2.75) is 6.92 Å². The van der Waals surface area contributed by atoms with E-state index in [1.807, 2.05) is 0 Å². The molecular formula is C18H17NO6. The topological polar surface area (TPSA) is 102 Å². The SMILES string of the molecule is COc1ccc(C(=O)OCC(=O)Nc2ccc(C(C)=O)cc2)c(O)c1. The zero-order valence-electron chi connectivity index (χ0n) is 13.7. The predicted octanol–water partition coefficient (Wildman–Crippen LogP) is 2.40. The summed E-state index contributed by atoms with van der Waals surface area (Å²) in [7, 11) is 1.43. The number of hydrogen-bond donors (Lipinski definition) is 2. The van der Waals surface area contributed by atoms with Crippen molar-refractivity contribution < 1.29 is 29.0 Å². The third-order valence-electron chi connectivity index (χ3n) is 3.33. The van der Waals surface area contributed by atoms with Gasteiger partial charge in [-0.05, 0) is 43.3 Å². The number of esters is 1. The molecule has 2 N–H and O–H groups in total. The molecule has 0 bridgehead atoms. The Balaban J connectivity index is 1.91.